The molecule has 1 atom stereocenters. The minimum atomic E-state index is -0.690. The van der Waals surface area contributed by atoms with Crippen LogP contribution in [0.4, 0.5) is 0 Å². The molecule has 0 aromatic carbocycles. The van der Waals surface area contributed by atoms with Crippen LogP contribution in [0.5, 0.6) is 0 Å². The standard InChI is InChI=1S/C18H33NO2/c1-16(2)9-11-18(21,12-10-16)13-19-15(20)14-7-5-6-8-17(14,3)4/h14,21H,5-13H2,1-4H3,(H,19,20). The normalized spacial score (nSPS) is 30.6. The molecule has 0 bridgehead atoms. The Bertz CT molecular complexity index is 377. The summed E-state index contributed by atoms with van der Waals surface area (Å²) in [5.74, 6) is 0.257. The SMILES string of the molecule is CC1(C)CCC(O)(CNC(=O)C2CCCCC2(C)C)CC1. The highest BCUT2D eigenvalue weighted by Crippen LogP contribution is 2.42. The van der Waals surface area contributed by atoms with Gasteiger partial charge in [-0.2, -0.15) is 0 Å². The Morgan fingerprint density at radius 2 is 1.67 bits per heavy atom. The van der Waals surface area contributed by atoms with E-state index in [0.717, 1.165) is 44.9 Å². The minimum absolute atomic E-state index is 0.0967. The topological polar surface area (TPSA) is 49.3 Å². The van der Waals surface area contributed by atoms with Crippen molar-refractivity contribution in [3.8, 4) is 0 Å². The van der Waals surface area contributed by atoms with E-state index in [-0.39, 0.29) is 17.2 Å². The van der Waals surface area contributed by atoms with Crippen molar-refractivity contribution in [2.75, 3.05) is 6.54 Å². The Morgan fingerprint density at radius 1 is 1.05 bits per heavy atom. The number of hydrogen-bond acceptors (Lipinski definition) is 2. The van der Waals surface area contributed by atoms with Crippen LogP contribution >= 0.6 is 0 Å². The van der Waals surface area contributed by atoms with Crippen LogP contribution in [0.3, 0.4) is 0 Å². The molecule has 21 heavy (non-hydrogen) atoms. The van der Waals surface area contributed by atoms with Crippen molar-refractivity contribution in [1.29, 1.82) is 0 Å². The molecule has 0 saturated heterocycles. The molecule has 0 aromatic heterocycles. The van der Waals surface area contributed by atoms with Crippen LogP contribution in [0, 0.1) is 16.7 Å². The Balaban J connectivity index is 1.86. The van der Waals surface area contributed by atoms with Crippen LogP contribution in [-0.4, -0.2) is 23.2 Å². The number of aliphatic hydroxyl groups is 1. The predicted octanol–water partition coefficient (Wildman–Crippen LogP) is 3.65. The number of nitrogens with one attached hydrogen (secondary N) is 1. The van der Waals surface area contributed by atoms with Crippen molar-refractivity contribution in [1.82, 2.24) is 5.32 Å². The van der Waals surface area contributed by atoms with E-state index >= 15 is 0 Å². The number of hydrogen-bond donors (Lipinski definition) is 2. The molecule has 0 heterocycles. The molecule has 2 fully saturated rings. The molecule has 2 aliphatic carbocycles. The second-order valence-electron chi connectivity index (χ2n) is 8.89. The van der Waals surface area contributed by atoms with Gasteiger partial charge in [0.2, 0.25) is 5.91 Å². The largest absolute Gasteiger partial charge is 0.388 e. The second kappa shape index (κ2) is 5.91. The Labute approximate surface area is 129 Å². The molecule has 2 aliphatic rings. The van der Waals surface area contributed by atoms with Gasteiger partial charge in [-0.05, 0) is 49.4 Å². The first-order chi connectivity index (χ1) is 9.64. The third kappa shape index (κ3) is 4.21. The highest BCUT2D eigenvalue weighted by atomic mass is 16.3. The molecule has 1 unspecified atom stereocenters. The number of amides is 1. The summed E-state index contributed by atoms with van der Waals surface area (Å²) < 4.78 is 0. The smallest absolute Gasteiger partial charge is 0.223 e. The van der Waals surface area contributed by atoms with Gasteiger partial charge in [0.05, 0.1) is 5.60 Å². The highest BCUT2D eigenvalue weighted by Gasteiger charge is 2.40. The van der Waals surface area contributed by atoms with E-state index in [1.54, 1.807) is 0 Å². The summed E-state index contributed by atoms with van der Waals surface area (Å²) in [6.07, 6.45) is 8.18. The molecule has 0 aliphatic heterocycles. The van der Waals surface area contributed by atoms with Crippen molar-refractivity contribution in [3.05, 3.63) is 0 Å². The van der Waals surface area contributed by atoms with Gasteiger partial charge < -0.3 is 10.4 Å². The maximum absolute atomic E-state index is 12.5. The molecule has 2 rings (SSSR count). The van der Waals surface area contributed by atoms with Crippen molar-refractivity contribution in [2.45, 2.75) is 84.7 Å². The summed E-state index contributed by atoms with van der Waals surface area (Å²) in [6.45, 7) is 9.35. The third-order valence-corrected chi connectivity index (χ3v) is 5.95. The average molecular weight is 295 g/mol. The van der Waals surface area contributed by atoms with Crippen LogP contribution < -0.4 is 5.32 Å². The Hall–Kier alpha value is -0.570. The molecular formula is C18H33NO2. The van der Waals surface area contributed by atoms with E-state index in [2.05, 4.69) is 33.0 Å². The van der Waals surface area contributed by atoms with Gasteiger partial charge in [0.1, 0.15) is 0 Å². The van der Waals surface area contributed by atoms with Gasteiger partial charge in [-0.3, -0.25) is 4.79 Å². The Morgan fingerprint density at radius 3 is 2.24 bits per heavy atom. The molecule has 2 saturated carbocycles. The lowest BCUT2D eigenvalue weighted by Crippen LogP contribution is -2.49. The average Bonchev–Trinajstić information content (AvgIpc) is 2.40. The lowest BCUT2D eigenvalue weighted by molar-refractivity contribution is -0.132. The molecule has 0 radical (unpaired) electrons. The number of carbonyl (C=O) groups excluding carboxylic acids is 1. The number of rotatable bonds is 3. The zero-order chi connectivity index (χ0) is 15.7. The molecule has 0 aromatic rings. The summed E-state index contributed by atoms with van der Waals surface area (Å²) in [7, 11) is 0. The molecule has 2 N–H and O–H groups in total. The molecule has 122 valence electrons. The van der Waals surface area contributed by atoms with E-state index in [1.807, 2.05) is 0 Å². The fourth-order valence-corrected chi connectivity index (χ4v) is 3.92. The van der Waals surface area contributed by atoms with Crippen molar-refractivity contribution < 1.29 is 9.90 Å². The van der Waals surface area contributed by atoms with Gasteiger partial charge >= 0.3 is 0 Å². The first-order valence-corrected chi connectivity index (χ1v) is 8.64. The maximum Gasteiger partial charge on any atom is 0.223 e. The zero-order valence-corrected chi connectivity index (χ0v) is 14.3. The number of carbonyl (C=O) groups is 1. The predicted molar refractivity (Wildman–Crippen MR) is 85.9 cm³/mol. The van der Waals surface area contributed by atoms with Gasteiger partial charge in [-0.15, -0.1) is 0 Å². The van der Waals surface area contributed by atoms with Crippen LogP contribution in [-0.2, 0) is 4.79 Å². The summed E-state index contributed by atoms with van der Waals surface area (Å²) in [4.78, 5) is 12.5. The van der Waals surface area contributed by atoms with Crippen LogP contribution in [0.15, 0.2) is 0 Å². The summed E-state index contributed by atoms with van der Waals surface area (Å²) in [6, 6.07) is 0. The fourth-order valence-electron chi connectivity index (χ4n) is 3.92. The van der Waals surface area contributed by atoms with Crippen LogP contribution in [0.2, 0.25) is 0 Å². The molecule has 3 nitrogen and oxygen atoms in total. The van der Waals surface area contributed by atoms with E-state index in [9.17, 15) is 9.90 Å². The molecule has 1 amide bonds. The fraction of sp³-hybridized carbons (Fsp3) is 0.944. The molecule has 3 heteroatoms. The Kier molecular flexibility index (Phi) is 4.72. The van der Waals surface area contributed by atoms with E-state index in [1.165, 1.54) is 6.42 Å². The first kappa shape index (κ1) is 16.8. The van der Waals surface area contributed by atoms with E-state index in [4.69, 9.17) is 0 Å². The maximum atomic E-state index is 12.5. The molecular weight excluding hydrogens is 262 g/mol. The zero-order valence-electron chi connectivity index (χ0n) is 14.3. The van der Waals surface area contributed by atoms with E-state index < -0.39 is 5.60 Å². The first-order valence-electron chi connectivity index (χ1n) is 8.64. The van der Waals surface area contributed by atoms with E-state index in [0.29, 0.717) is 12.0 Å². The van der Waals surface area contributed by atoms with Gasteiger partial charge in [0.25, 0.3) is 0 Å². The second-order valence-corrected chi connectivity index (χ2v) is 8.89. The van der Waals surface area contributed by atoms with Gasteiger partial charge in [-0.25, -0.2) is 0 Å². The monoisotopic (exact) mass is 295 g/mol. The van der Waals surface area contributed by atoms with Gasteiger partial charge in [-0.1, -0.05) is 40.5 Å². The van der Waals surface area contributed by atoms with Crippen LogP contribution in [0.1, 0.15) is 79.1 Å². The third-order valence-electron chi connectivity index (χ3n) is 5.95. The van der Waals surface area contributed by atoms with Crippen LogP contribution in [0.25, 0.3) is 0 Å². The summed E-state index contributed by atoms with van der Waals surface area (Å²) in [5.41, 5.74) is -0.259. The lowest BCUT2D eigenvalue weighted by atomic mass is 9.68. The van der Waals surface area contributed by atoms with Gasteiger partial charge in [0.15, 0.2) is 0 Å². The highest BCUT2D eigenvalue weighted by molar-refractivity contribution is 5.79. The van der Waals surface area contributed by atoms with Gasteiger partial charge in [0, 0.05) is 12.5 Å². The summed E-state index contributed by atoms with van der Waals surface area (Å²) >= 11 is 0. The lowest BCUT2D eigenvalue weighted by Gasteiger charge is -2.41. The van der Waals surface area contributed by atoms with Crippen molar-refractivity contribution in [2.24, 2.45) is 16.7 Å². The van der Waals surface area contributed by atoms with Crippen molar-refractivity contribution in [3.63, 3.8) is 0 Å². The minimum Gasteiger partial charge on any atom is -0.388 e. The molecule has 0 spiro atoms. The van der Waals surface area contributed by atoms with Crippen molar-refractivity contribution >= 4 is 5.91 Å². The summed E-state index contributed by atoms with van der Waals surface area (Å²) in [5, 5.41) is 13.7. The quantitative estimate of drug-likeness (QED) is 0.835.